The molecule has 0 aliphatic heterocycles. The van der Waals surface area contributed by atoms with Crippen molar-refractivity contribution in [1.29, 1.82) is 0 Å². The number of fused-ring (bicyclic) bond motifs is 8. The molecular weight excluding hydrogens is 546 g/mol. The third kappa shape index (κ3) is 3.54. The van der Waals surface area contributed by atoms with Crippen molar-refractivity contribution in [3.05, 3.63) is 160 Å². The number of carbonyl (C=O) groups is 1. The summed E-state index contributed by atoms with van der Waals surface area (Å²) in [7, 11) is 0. The van der Waals surface area contributed by atoms with Gasteiger partial charge in [0.2, 0.25) is 0 Å². The average Bonchev–Trinajstić information content (AvgIpc) is 3.52. The molecule has 2 aliphatic carbocycles. The fraction of sp³-hybridized carbons (Fsp3) is 0.140. The van der Waals surface area contributed by atoms with Crippen molar-refractivity contribution >= 4 is 27.6 Å². The third-order valence-electron chi connectivity index (χ3n) is 10.5. The molecule has 9 rings (SSSR count). The smallest absolute Gasteiger partial charge is 0.193 e. The molecule has 0 N–H and O–H groups in total. The van der Waals surface area contributed by atoms with E-state index in [-0.39, 0.29) is 11.2 Å². The van der Waals surface area contributed by atoms with E-state index in [0.717, 1.165) is 45.5 Å². The highest BCUT2D eigenvalue weighted by atomic mass is 16.1. The molecule has 0 atom stereocenters. The molecule has 0 bridgehead atoms. The van der Waals surface area contributed by atoms with Gasteiger partial charge in [0.15, 0.2) is 5.78 Å². The molecule has 0 amide bonds. The number of ketones is 1. The lowest BCUT2D eigenvalue weighted by Crippen LogP contribution is -2.17. The lowest BCUT2D eigenvalue weighted by atomic mass is 9.80. The van der Waals surface area contributed by atoms with Gasteiger partial charge in [0.25, 0.3) is 0 Å². The number of nitrogens with zero attached hydrogens (tertiary/aromatic N) is 1. The Hall–Kier alpha value is -5.21. The molecule has 0 unspecified atom stereocenters. The largest absolute Gasteiger partial charge is 0.309 e. The van der Waals surface area contributed by atoms with Crippen LogP contribution >= 0.6 is 0 Å². The fourth-order valence-electron chi connectivity index (χ4n) is 8.47. The van der Waals surface area contributed by atoms with Crippen LogP contribution in [-0.4, -0.2) is 10.4 Å². The first kappa shape index (κ1) is 26.2. The standard InChI is InChI=1S/C43H33NO/c1-25-11-9-17-35-37-24-36-34-16-7-8-18-38(34)43(3,4)39(36)26(2)41(37)44(40(25)35)31-14-10-13-27(23-31)28-19-20-33-30(21-28)22-29-12-5-6-15-32(29)42(33)45/h5-21,23-24H,22H2,1-4H3. The molecule has 216 valence electrons. The van der Waals surface area contributed by atoms with Gasteiger partial charge in [0, 0.05) is 33.0 Å². The van der Waals surface area contributed by atoms with Crippen molar-refractivity contribution in [2.75, 3.05) is 0 Å². The van der Waals surface area contributed by atoms with Gasteiger partial charge in [-0.3, -0.25) is 4.79 Å². The van der Waals surface area contributed by atoms with E-state index in [4.69, 9.17) is 0 Å². The quantitative estimate of drug-likeness (QED) is 0.200. The van der Waals surface area contributed by atoms with Gasteiger partial charge >= 0.3 is 0 Å². The summed E-state index contributed by atoms with van der Waals surface area (Å²) in [5.41, 5.74) is 17.9. The van der Waals surface area contributed by atoms with Crippen LogP contribution in [0.1, 0.15) is 63.1 Å². The van der Waals surface area contributed by atoms with Crippen LogP contribution in [0.5, 0.6) is 0 Å². The number of benzene rings is 6. The van der Waals surface area contributed by atoms with Crippen molar-refractivity contribution in [1.82, 2.24) is 4.57 Å². The number of hydrogen-bond donors (Lipinski definition) is 0. The zero-order valence-corrected chi connectivity index (χ0v) is 26.0. The fourth-order valence-corrected chi connectivity index (χ4v) is 8.47. The molecule has 2 heteroatoms. The Labute approximate surface area is 263 Å². The summed E-state index contributed by atoms with van der Waals surface area (Å²) in [6, 6.07) is 41.3. The van der Waals surface area contributed by atoms with Crippen LogP contribution in [-0.2, 0) is 11.8 Å². The first-order chi connectivity index (χ1) is 21.8. The number of aryl methyl sites for hydroxylation is 2. The Kier molecular flexibility index (Phi) is 5.33. The Bertz CT molecular complexity index is 2420. The Morgan fingerprint density at radius 3 is 2.20 bits per heavy atom. The summed E-state index contributed by atoms with van der Waals surface area (Å²) in [6.07, 6.45) is 0.777. The van der Waals surface area contributed by atoms with Crippen molar-refractivity contribution in [2.24, 2.45) is 0 Å². The van der Waals surface area contributed by atoms with Crippen LogP contribution < -0.4 is 0 Å². The second kappa shape index (κ2) is 9.15. The third-order valence-corrected chi connectivity index (χ3v) is 10.5. The first-order valence-electron chi connectivity index (χ1n) is 15.9. The maximum atomic E-state index is 13.3. The van der Waals surface area contributed by atoms with Gasteiger partial charge in [0.05, 0.1) is 11.0 Å². The normalized spacial score (nSPS) is 14.4. The molecular formula is C43H33NO. The summed E-state index contributed by atoms with van der Waals surface area (Å²) < 4.78 is 2.50. The van der Waals surface area contributed by atoms with E-state index in [1.165, 1.54) is 55.2 Å². The number of para-hydroxylation sites is 1. The van der Waals surface area contributed by atoms with Gasteiger partial charge in [-0.25, -0.2) is 0 Å². The summed E-state index contributed by atoms with van der Waals surface area (Å²) in [5.74, 6) is 0.126. The van der Waals surface area contributed by atoms with Crippen LogP contribution in [0.15, 0.2) is 115 Å². The summed E-state index contributed by atoms with van der Waals surface area (Å²) in [4.78, 5) is 13.3. The minimum absolute atomic E-state index is 0.0818. The van der Waals surface area contributed by atoms with E-state index in [9.17, 15) is 4.79 Å². The van der Waals surface area contributed by atoms with Gasteiger partial charge in [-0.2, -0.15) is 0 Å². The molecule has 2 aliphatic rings. The lowest BCUT2D eigenvalue weighted by Gasteiger charge is -2.24. The van der Waals surface area contributed by atoms with E-state index < -0.39 is 0 Å². The summed E-state index contributed by atoms with van der Waals surface area (Å²) in [6.45, 7) is 9.28. The second-order valence-corrected chi connectivity index (χ2v) is 13.4. The maximum absolute atomic E-state index is 13.3. The van der Waals surface area contributed by atoms with Crippen LogP contribution in [0.3, 0.4) is 0 Å². The van der Waals surface area contributed by atoms with Crippen LogP contribution in [0.2, 0.25) is 0 Å². The van der Waals surface area contributed by atoms with Gasteiger partial charge in [-0.1, -0.05) is 111 Å². The zero-order chi connectivity index (χ0) is 30.6. The molecule has 0 radical (unpaired) electrons. The molecule has 0 saturated carbocycles. The van der Waals surface area contributed by atoms with E-state index in [1.807, 2.05) is 24.3 Å². The van der Waals surface area contributed by atoms with Crippen LogP contribution in [0.25, 0.3) is 49.7 Å². The number of rotatable bonds is 2. The molecule has 45 heavy (non-hydrogen) atoms. The van der Waals surface area contributed by atoms with E-state index in [2.05, 4.69) is 123 Å². The molecule has 6 aromatic carbocycles. The van der Waals surface area contributed by atoms with Gasteiger partial charge in [0.1, 0.15) is 0 Å². The summed E-state index contributed by atoms with van der Waals surface area (Å²) in [5, 5.41) is 2.59. The van der Waals surface area contributed by atoms with Crippen LogP contribution in [0.4, 0.5) is 0 Å². The van der Waals surface area contributed by atoms with Gasteiger partial charge in [-0.15, -0.1) is 0 Å². The topological polar surface area (TPSA) is 22.0 Å². The zero-order valence-electron chi connectivity index (χ0n) is 26.0. The second-order valence-electron chi connectivity index (χ2n) is 13.4. The van der Waals surface area contributed by atoms with Gasteiger partial charge in [-0.05, 0) is 94.1 Å². The molecule has 1 heterocycles. The number of aromatic nitrogens is 1. The highest BCUT2D eigenvalue weighted by molar-refractivity contribution is 6.14. The molecule has 0 fully saturated rings. The van der Waals surface area contributed by atoms with Crippen molar-refractivity contribution < 1.29 is 4.79 Å². The Balaban J connectivity index is 1.26. The summed E-state index contributed by atoms with van der Waals surface area (Å²) >= 11 is 0. The number of hydrogen-bond acceptors (Lipinski definition) is 1. The molecule has 0 saturated heterocycles. The first-order valence-corrected chi connectivity index (χ1v) is 15.9. The monoisotopic (exact) mass is 579 g/mol. The van der Waals surface area contributed by atoms with Gasteiger partial charge < -0.3 is 4.57 Å². The van der Waals surface area contributed by atoms with E-state index in [1.54, 1.807) is 0 Å². The highest BCUT2D eigenvalue weighted by Gasteiger charge is 2.38. The predicted molar refractivity (Wildman–Crippen MR) is 186 cm³/mol. The highest BCUT2D eigenvalue weighted by Crippen LogP contribution is 2.53. The molecule has 2 nitrogen and oxygen atoms in total. The Morgan fingerprint density at radius 1 is 0.600 bits per heavy atom. The molecule has 7 aromatic rings. The van der Waals surface area contributed by atoms with Crippen molar-refractivity contribution in [3.63, 3.8) is 0 Å². The van der Waals surface area contributed by atoms with Crippen LogP contribution in [0, 0.1) is 13.8 Å². The molecule has 1 aromatic heterocycles. The predicted octanol–water partition coefficient (Wildman–Crippen LogP) is 10.5. The minimum Gasteiger partial charge on any atom is -0.309 e. The SMILES string of the molecule is Cc1cccc2c3cc4c(c(C)c3n(-c3cccc(-c5ccc6c(c5)Cc5ccccc5C6=O)c3)c12)C(C)(C)c1ccccc1-4. The number of carbonyl (C=O) groups excluding carboxylic acids is 1. The lowest BCUT2D eigenvalue weighted by molar-refractivity contribution is 0.103. The van der Waals surface area contributed by atoms with E-state index in [0.29, 0.717) is 0 Å². The van der Waals surface area contributed by atoms with Crippen molar-refractivity contribution in [2.45, 2.75) is 39.5 Å². The average molecular weight is 580 g/mol. The maximum Gasteiger partial charge on any atom is 0.193 e. The van der Waals surface area contributed by atoms with Crippen molar-refractivity contribution in [3.8, 4) is 27.9 Å². The molecule has 0 spiro atoms. The van der Waals surface area contributed by atoms with E-state index >= 15 is 0 Å². The minimum atomic E-state index is -0.0818. The Morgan fingerprint density at radius 2 is 1.33 bits per heavy atom.